The van der Waals surface area contributed by atoms with Crippen molar-refractivity contribution in [3.63, 3.8) is 0 Å². The Kier molecular flexibility index (Phi) is 4.85. The highest BCUT2D eigenvalue weighted by molar-refractivity contribution is 5.81. The summed E-state index contributed by atoms with van der Waals surface area (Å²) < 4.78 is 1.95. The summed E-state index contributed by atoms with van der Waals surface area (Å²) in [6, 6.07) is 20.1. The highest BCUT2D eigenvalue weighted by Gasteiger charge is 2.21. The minimum absolute atomic E-state index is 0.435. The SMILES string of the molecule is CC(C)Cc1c(-c2ccccc2N)c(C#N)nn1Cc1ccccc1. The van der Waals surface area contributed by atoms with Crippen molar-refractivity contribution in [3.05, 3.63) is 71.5 Å². The van der Waals surface area contributed by atoms with E-state index in [1.165, 1.54) is 0 Å². The van der Waals surface area contributed by atoms with Gasteiger partial charge in [0.05, 0.1) is 6.54 Å². The van der Waals surface area contributed by atoms with Crippen LogP contribution in [0.4, 0.5) is 5.69 Å². The number of hydrogen-bond acceptors (Lipinski definition) is 3. The predicted octanol–water partition coefficient (Wildman–Crippen LogP) is 4.25. The quantitative estimate of drug-likeness (QED) is 0.711. The molecule has 0 radical (unpaired) electrons. The van der Waals surface area contributed by atoms with Gasteiger partial charge in [0.25, 0.3) is 0 Å². The first-order valence-electron chi connectivity index (χ1n) is 8.48. The summed E-state index contributed by atoms with van der Waals surface area (Å²) in [6.45, 7) is 4.98. The fourth-order valence-corrected chi connectivity index (χ4v) is 3.06. The summed E-state index contributed by atoms with van der Waals surface area (Å²) in [6.07, 6.45) is 0.838. The number of nitrogens with zero attached hydrogens (tertiary/aromatic N) is 3. The number of hydrogen-bond donors (Lipinski definition) is 1. The summed E-state index contributed by atoms with van der Waals surface area (Å²) >= 11 is 0. The number of para-hydroxylation sites is 1. The summed E-state index contributed by atoms with van der Waals surface area (Å²) in [5.41, 5.74) is 11.3. The molecular weight excluding hydrogens is 308 g/mol. The maximum Gasteiger partial charge on any atom is 0.170 e. The van der Waals surface area contributed by atoms with E-state index in [9.17, 15) is 5.26 Å². The van der Waals surface area contributed by atoms with Crippen LogP contribution in [0.2, 0.25) is 0 Å². The van der Waals surface area contributed by atoms with Gasteiger partial charge in [0.2, 0.25) is 0 Å². The average Bonchev–Trinajstić information content (AvgIpc) is 2.93. The van der Waals surface area contributed by atoms with Gasteiger partial charge in [-0.1, -0.05) is 62.4 Å². The summed E-state index contributed by atoms with van der Waals surface area (Å²) in [7, 11) is 0. The second-order valence-corrected chi connectivity index (χ2v) is 6.61. The molecule has 0 amide bonds. The van der Waals surface area contributed by atoms with Crippen LogP contribution in [0.3, 0.4) is 0 Å². The van der Waals surface area contributed by atoms with E-state index in [2.05, 4.69) is 37.1 Å². The molecule has 0 aliphatic heterocycles. The highest BCUT2D eigenvalue weighted by Crippen LogP contribution is 2.33. The molecule has 0 bridgehead atoms. The molecule has 0 fully saturated rings. The van der Waals surface area contributed by atoms with Crippen LogP contribution < -0.4 is 5.73 Å². The van der Waals surface area contributed by atoms with Gasteiger partial charge < -0.3 is 5.73 Å². The van der Waals surface area contributed by atoms with Crippen LogP contribution >= 0.6 is 0 Å². The maximum atomic E-state index is 9.64. The topological polar surface area (TPSA) is 67.6 Å². The van der Waals surface area contributed by atoms with Gasteiger partial charge in [0.15, 0.2) is 5.69 Å². The van der Waals surface area contributed by atoms with Crippen molar-refractivity contribution in [2.24, 2.45) is 5.92 Å². The number of anilines is 1. The highest BCUT2D eigenvalue weighted by atomic mass is 15.3. The van der Waals surface area contributed by atoms with Crippen LogP contribution in [0.25, 0.3) is 11.1 Å². The minimum atomic E-state index is 0.435. The lowest BCUT2D eigenvalue weighted by Crippen LogP contribution is -2.09. The van der Waals surface area contributed by atoms with Crippen LogP contribution in [-0.2, 0) is 13.0 Å². The van der Waals surface area contributed by atoms with E-state index in [1.807, 2.05) is 47.1 Å². The van der Waals surface area contributed by atoms with Crippen molar-refractivity contribution in [2.75, 3.05) is 5.73 Å². The Morgan fingerprint density at radius 3 is 2.40 bits per heavy atom. The van der Waals surface area contributed by atoms with Gasteiger partial charge in [-0.3, -0.25) is 4.68 Å². The van der Waals surface area contributed by atoms with Crippen LogP contribution in [0.1, 0.15) is 30.8 Å². The molecule has 4 heteroatoms. The number of rotatable bonds is 5. The smallest absolute Gasteiger partial charge is 0.170 e. The van der Waals surface area contributed by atoms with E-state index < -0.39 is 0 Å². The van der Waals surface area contributed by atoms with Gasteiger partial charge in [-0.15, -0.1) is 0 Å². The van der Waals surface area contributed by atoms with E-state index in [-0.39, 0.29) is 0 Å². The third kappa shape index (κ3) is 3.56. The lowest BCUT2D eigenvalue weighted by molar-refractivity contribution is 0.573. The van der Waals surface area contributed by atoms with Crippen LogP contribution in [0.15, 0.2) is 54.6 Å². The zero-order valence-corrected chi connectivity index (χ0v) is 14.6. The monoisotopic (exact) mass is 330 g/mol. The van der Waals surface area contributed by atoms with Crippen molar-refractivity contribution in [3.8, 4) is 17.2 Å². The van der Waals surface area contributed by atoms with Crippen molar-refractivity contribution in [1.82, 2.24) is 9.78 Å². The molecular formula is C21H22N4. The number of nitriles is 1. The van der Waals surface area contributed by atoms with Gasteiger partial charge in [-0.05, 0) is 24.0 Å². The second-order valence-electron chi connectivity index (χ2n) is 6.61. The van der Waals surface area contributed by atoms with Gasteiger partial charge in [0.1, 0.15) is 6.07 Å². The summed E-state index contributed by atoms with van der Waals surface area (Å²) in [5, 5.41) is 14.2. The molecule has 0 spiro atoms. The Balaban J connectivity index is 2.16. The van der Waals surface area contributed by atoms with Crippen molar-refractivity contribution < 1.29 is 0 Å². The Morgan fingerprint density at radius 1 is 1.08 bits per heavy atom. The van der Waals surface area contributed by atoms with Crippen LogP contribution in [-0.4, -0.2) is 9.78 Å². The third-order valence-corrected chi connectivity index (χ3v) is 4.17. The first-order chi connectivity index (χ1) is 12.1. The first kappa shape index (κ1) is 16.8. The average molecular weight is 330 g/mol. The Hall–Kier alpha value is -3.06. The standard InChI is InChI=1S/C21H22N4/c1-15(2)12-20-21(17-10-6-7-11-18(17)23)19(13-22)24-25(20)14-16-8-4-3-5-9-16/h3-11,15H,12,14,23H2,1-2H3. The zero-order chi connectivity index (χ0) is 17.8. The molecule has 3 aromatic rings. The largest absolute Gasteiger partial charge is 0.398 e. The Labute approximate surface area is 148 Å². The summed E-state index contributed by atoms with van der Waals surface area (Å²) in [5.74, 6) is 0.446. The van der Waals surface area contributed by atoms with E-state index in [4.69, 9.17) is 5.73 Å². The van der Waals surface area contributed by atoms with Gasteiger partial charge in [-0.25, -0.2) is 0 Å². The first-order valence-corrected chi connectivity index (χ1v) is 8.48. The molecule has 1 aromatic heterocycles. The molecule has 0 aliphatic rings. The summed E-state index contributed by atoms with van der Waals surface area (Å²) in [4.78, 5) is 0. The van der Waals surface area contributed by atoms with Gasteiger partial charge in [-0.2, -0.15) is 10.4 Å². The molecule has 0 atom stereocenters. The van der Waals surface area contributed by atoms with Gasteiger partial charge >= 0.3 is 0 Å². The Morgan fingerprint density at radius 2 is 1.76 bits per heavy atom. The van der Waals surface area contributed by atoms with Crippen LogP contribution in [0, 0.1) is 17.2 Å². The molecule has 25 heavy (non-hydrogen) atoms. The number of nitrogens with two attached hydrogens (primary N) is 1. The number of benzene rings is 2. The normalized spacial score (nSPS) is 10.8. The molecule has 0 aliphatic carbocycles. The lowest BCUT2D eigenvalue weighted by Gasteiger charge is -2.13. The Bertz CT molecular complexity index is 901. The molecule has 3 rings (SSSR count). The van der Waals surface area contributed by atoms with E-state index in [0.29, 0.717) is 23.8 Å². The van der Waals surface area contributed by atoms with E-state index >= 15 is 0 Å². The van der Waals surface area contributed by atoms with Crippen molar-refractivity contribution in [2.45, 2.75) is 26.8 Å². The minimum Gasteiger partial charge on any atom is -0.398 e. The predicted molar refractivity (Wildman–Crippen MR) is 101 cm³/mol. The van der Waals surface area contributed by atoms with Crippen molar-refractivity contribution in [1.29, 1.82) is 5.26 Å². The van der Waals surface area contributed by atoms with E-state index in [1.54, 1.807) is 0 Å². The number of nitrogen functional groups attached to an aromatic ring is 1. The maximum absolute atomic E-state index is 9.64. The molecule has 0 saturated heterocycles. The molecule has 0 saturated carbocycles. The third-order valence-electron chi connectivity index (χ3n) is 4.17. The zero-order valence-electron chi connectivity index (χ0n) is 14.6. The van der Waals surface area contributed by atoms with Crippen molar-refractivity contribution >= 4 is 5.69 Å². The molecule has 2 N–H and O–H groups in total. The molecule has 126 valence electrons. The lowest BCUT2D eigenvalue weighted by atomic mass is 9.96. The van der Waals surface area contributed by atoms with E-state index in [0.717, 1.165) is 28.8 Å². The molecule has 1 heterocycles. The molecule has 2 aromatic carbocycles. The number of aromatic nitrogens is 2. The fraction of sp³-hybridized carbons (Fsp3) is 0.238. The van der Waals surface area contributed by atoms with Crippen LogP contribution in [0.5, 0.6) is 0 Å². The molecule has 4 nitrogen and oxygen atoms in total. The molecule has 0 unspecified atom stereocenters. The second kappa shape index (κ2) is 7.23. The van der Waals surface area contributed by atoms with Gasteiger partial charge in [0, 0.05) is 22.5 Å². The fourth-order valence-electron chi connectivity index (χ4n) is 3.06.